The van der Waals surface area contributed by atoms with E-state index < -0.39 is 0 Å². The summed E-state index contributed by atoms with van der Waals surface area (Å²) in [4.78, 5) is 8.31. The van der Waals surface area contributed by atoms with Crippen LogP contribution in [0.1, 0.15) is 22.9 Å². The summed E-state index contributed by atoms with van der Waals surface area (Å²) in [5, 5.41) is 0. The zero-order chi connectivity index (χ0) is 13.0. The number of hydrazine groups is 1. The molecule has 2 rings (SSSR count). The number of nitrogens with two attached hydrogens (primary N) is 1. The van der Waals surface area contributed by atoms with Gasteiger partial charge in [0.25, 0.3) is 0 Å². The maximum absolute atomic E-state index is 5.61. The van der Waals surface area contributed by atoms with Crippen LogP contribution in [0.4, 0.5) is 0 Å². The van der Waals surface area contributed by atoms with Gasteiger partial charge in [0.15, 0.2) is 0 Å². The smallest absolute Gasteiger partial charge is 0.121 e. The molecule has 2 aromatic rings. The van der Waals surface area contributed by atoms with Crippen LogP contribution < -0.4 is 16.0 Å². The Bertz CT molecular complexity index is 516. The number of aromatic nitrogens is 2. The van der Waals surface area contributed by atoms with Crippen LogP contribution in [0.25, 0.3) is 0 Å². The van der Waals surface area contributed by atoms with Crippen molar-refractivity contribution in [2.45, 2.75) is 13.0 Å². The molecule has 3 N–H and O–H groups in total. The Morgan fingerprint density at radius 2 is 2.17 bits per heavy atom. The van der Waals surface area contributed by atoms with E-state index in [4.69, 9.17) is 10.6 Å². The number of hydrogen-bond donors (Lipinski definition) is 2. The maximum atomic E-state index is 5.61. The fraction of sp³-hybridized carbons (Fsp3) is 0.231. The molecule has 94 valence electrons. The summed E-state index contributed by atoms with van der Waals surface area (Å²) < 4.78 is 5.24. The highest BCUT2D eigenvalue weighted by Crippen LogP contribution is 2.24. The maximum Gasteiger partial charge on any atom is 0.121 e. The molecule has 5 nitrogen and oxygen atoms in total. The van der Waals surface area contributed by atoms with Gasteiger partial charge in [0.1, 0.15) is 5.75 Å². The largest absolute Gasteiger partial charge is 0.496 e. The van der Waals surface area contributed by atoms with Crippen LogP contribution in [-0.4, -0.2) is 17.1 Å². The van der Waals surface area contributed by atoms with Crippen molar-refractivity contribution in [2.75, 3.05) is 7.11 Å². The van der Waals surface area contributed by atoms with Crippen molar-refractivity contribution >= 4 is 0 Å². The number of benzene rings is 1. The van der Waals surface area contributed by atoms with Gasteiger partial charge in [-0.25, -0.2) is 5.43 Å². The predicted octanol–water partition coefficient (Wildman–Crippen LogP) is 1.35. The minimum Gasteiger partial charge on any atom is -0.496 e. The van der Waals surface area contributed by atoms with Gasteiger partial charge in [0.05, 0.1) is 25.0 Å². The molecule has 0 saturated heterocycles. The van der Waals surface area contributed by atoms with Crippen molar-refractivity contribution < 1.29 is 4.74 Å². The third kappa shape index (κ3) is 2.47. The van der Waals surface area contributed by atoms with E-state index in [1.165, 1.54) is 0 Å². The van der Waals surface area contributed by atoms with E-state index in [9.17, 15) is 0 Å². The summed E-state index contributed by atoms with van der Waals surface area (Å²) in [5.74, 6) is 6.46. The minimum atomic E-state index is -0.177. The van der Waals surface area contributed by atoms with Gasteiger partial charge in [0.2, 0.25) is 0 Å². The zero-order valence-corrected chi connectivity index (χ0v) is 10.4. The Balaban J connectivity index is 2.37. The molecular weight excluding hydrogens is 228 g/mol. The van der Waals surface area contributed by atoms with Crippen LogP contribution in [0.5, 0.6) is 5.75 Å². The number of aryl methyl sites for hydroxylation is 1. The molecule has 1 heterocycles. The molecule has 1 aromatic carbocycles. The normalized spacial score (nSPS) is 12.2. The van der Waals surface area contributed by atoms with Crippen LogP contribution in [0.2, 0.25) is 0 Å². The van der Waals surface area contributed by atoms with Crippen molar-refractivity contribution in [3.05, 3.63) is 53.6 Å². The lowest BCUT2D eigenvalue weighted by Gasteiger charge is -2.16. The predicted molar refractivity (Wildman–Crippen MR) is 68.9 cm³/mol. The lowest BCUT2D eigenvalue weighted by molar-refractivity contribution is 0.411. The second-order valence-electron chi connectivity index (χ2n) is 3.96. The molecular formula is C13H16N4O. The number of nitrogens with one attached hydrogen (secondary N) is 1. The van der Waals surface area contributed by atoms with Crippen LogP contribution in [0, 0.1) is 6.92 Å². The summed E-state index contributed by atoms with van der Waals surface area (Å²) in [7, 11) is 1.66. The van der Waals surface area contributed by atoms with E-state index in [1.807, 2.05) is 25.1 Å². The fourth-order valence-electron chi connectivity index (χ4n) is 1.89. The topological polar surface area (TPSA) is 73.1 Å². The highest BCUT2D eigenvalue weighted by Gasteiger charge is 2.14. The summed E-state index contributed by atoms with van der Waals surface area (Å²) >= 11 is 0. The summed E-state index contributed by atoms with van der Waals surface area (Å²) in [5.41, 5.74) is 5.62. The first-order valence-corrected chi connectivity index (χ1v) is 5.63. The van der Waals surface area contributed by atoms with Crippen molar-refractivity contribution in [3.63, 3.8) is 0 Å². The average molecular weight is 244 g/mol. The highest BCUT2D eigenvalue weighted by atomic mass is 16.5. The molecule has 0 aliphatic carbocycles. The van der Waals surface area contributed by atoms with Gasteiger partial charge in [-0.05, 0) is 24.1 Å². The van der Waals surface area contributed by atoms with Gasteiger partial charge < -0.3 is 4.74 Å². The molecule has 0 spiro atoms. The average Bonchev–Trinajstić information content (AvgIpc) is 2.41. The molecule has 0 fully saturated rings. The summed E-state index contributed by atoms with van der Waals surface area (Å²) in [6, 6.07) is 5.73. The number of methoxy groups -OCH3 is 1. The SMILES string of the molecule is COc1ccc(C(NN)c2cnccn2)cc1C. The number of rotatable bonds is 4. The van der Waals surface area contributed by atoms with Gasteiger partial charge in [-0.2, -0.15) is 0 Å². The molecule has 5 heteroatoms. The Morgan fingerprint density at radius 3 is 2.72 bits per heavy atom. The van der Waals surface area contributed by atoms with E-state index >= 15 is 0 Å². The lowest BCUT2D eigenvalue weighted by Crippen LogP contribution is -2.29. The van der Waals surface area contributed by atoms with E-state index in [2.05, 4.69) is 15.4 Å². The second-order valence-corrected chi connectivity index (χ2v) is 3.96. The van der Waals surface area contributed by atoms with Crippen molar-refractivity contribution in [3.8, 4) is 5.75 Å². The molecule has 1 atom stereocenters. The first-order chi connectivity index (χ1) is 8.76. The zero-order valence-electron chi connectivity index (χ0n) is 10.4. The fourth-order valence-corrected chi connectivity index (χ4v) is 1.89. The number of nitrogens with zero attached hydrogens (tertiary/aromatic N) is 2. The first kappa shape index (κ1) is 12.5. The van der Waals surface area contributed by atoms with Gasteiger partial charge in [-0.15, -0.1) is 0 Å². The molecule has 0 radical (unpaired) electrons. The van der Waals surface area contributed by atoms with Crippen molar-refractivity contribution in [1.82, 2.24) is 15.4 Å². The molecule has 1 aromatic heterocycles. The number of ether oxygens (including phenoxy) is 1. The summed E-state index contributed by atoms with van der Waals surface area (Å²) in [6.45, 7) is 1.99. The minimum absolute atomic E-state index is 0.177. The molecule has 1 unspecified atom stereocenters. The van der Waals surface area contributed by atoms with E-state index in [0.717, 1.165) is 22.6 Å². The molecule has 0 amide bonds. The van der Waals surface area contributed by atoms with Crippen LogP contribution in [0.3, 0.4) is 0 Å². The molecule has 18 heavy (non-hydrogen) atoms. The third-order valence-corrected chi connectivity index (χ3v) is 2.80. The van der Waals surface area contributed by atoms with Crippen LogP contribution in [-0.2, 0) is 0 Å². The van der Waals surface area contributed by atoms with Crippen LogP contribution in [0.15, 0.2) is 36.8 Å². The van der Waals surface area contributed by atoms with Gasteiger partial charge in [0, 0.05) is 12.4 Å². The van der Waals surface area contributed by atoms with Gasteiger partial charge in [-0.1, -0.05) is 12.1 Å². The Labute approximate surface area is 106 Å². The standard InChI is InChI=1S/C13H16N4O/c1-9-7-10(3-4-12(9)18-2)13(17-14)11-8-15-5-6-16-11/h3-8,13,17H,14H2,1-2H3. The number of hydrogen-bond acceptors (Lipinski definition) is 5. The quantitative estimate of drug-likeness (QED) is 0.627. The third-order valence-electron chi connectivity index (χ3n) is 2.80. The van der Waals surface area contributed by atoms with Crippen LogP contribution >= 0.6 is 0 Å². The Kier molecular flexibility index (Phi) is 3.86. The lowest BCUT2D eigenvalue weighted by atomic mass is 10.0. The Morgan fingerprint density at radius 1 is 1.33 bits per heavy atom. The highest BCUT2D eigenvalue weighted by molar-refractivity contribution is 5.39. The molecule has 0 aliphatic rings. The molecule has 0 saturated carbocycles. The van der Waals surface area contributed by atoms with E-state index in [-0.39, 0.29) is 6.04 Å². The van der Waals surface area contributed by atoms with Gasteiger partial charge in [-0.3, -0.25) is 15.8 Å². The monoisotopic (exact) mass is 244 g/mol. The Hall–Kier alpha value is -1.98. The van der Waals surface area contributed by atoms with Gasteiger partial charge >= 0.3 is 0 Å². The molecule has 0 aliphatic heterocycles. The van der Waals surface area contributed by atoms with E-state index in [1.54, 1.807) is 25.7 Å². The van der Waals surface area contributed by atoms with Crippen molar-refractivity contribution in [1.29, 1.82) is 0 Å². The van der Waals surface area contributed by atoms with Crippen molar-refractivity contribution in [2.24, 2.45) is 5.84 Å². The summed E-state index contributed by atoms with van der Waals surface area (Å²) in [6.07, 6.45) is 4.98. The second kappa shape index (κ2) is 5.57. The first-order valence-electron chi connectivity index (χ1n) is 5.63. The molecule has 0 bridgehead atoms. The van der Waals surface area contributed by atoms with E-state index in [0.29, 0.717) is 0 Å².